The van der Waals surface area contributed by atoms with Gasteiger partial charge in [-0.1, -0.05) is 0 Å². The van der Waals surface area contributed by atoms with E-state index in [1.807, 2.05) is 6.92 Å². The van der Waals surface area contributed by atoms with Crippen LogP contribution in [-0.2, 0) is 17.8 Å². The molecule has 8 heteroatoms. The highest BCUT2D eigenvalue weighted by atomic mass is 32.2. The maximum Gasteiger partial charge on any atom is 0.330 e. The van der Waals surface area contributed by atoms with Crippen molar-refractivity contribution in [2.75, 3.05) is 17.3 Å². The van der Waals surface area contributed by atoms with Crippen LogP contribution in [0, 0.1) is 10.1 Å². The summed E-state index contributed by atoms with van der Waals surface area (Å²) in [5.74, 6) is 0.821. The fourth-order valence-electron chi connectivity index (χ4n) is 1.36. The highest BCUT2D eigenvalue weighted by Gasteiger charge is 2.19. The van der Waals surface area contributed by atoms with Crippen molar-refractivity contribution in [3.05, 3.63) is 16.3 Å². The summed E-state index contributed by atoms with van der Waals surface area (Å²) >= 11 is 0. The molecule has 0 aliphatic carbocycles. The normalized spacial score (nSPS) is 14.3. The van der Waals surface area contributed by atoms with E-state index in [2.05, 4.69) is 10.4 Å². The molecule has 2 unspecified atom stereocenters. The van der Waals surface area contributed by atoms with E-state index in [0.717, 1.165) is 0 Å². The first-order valence-corrected chi connectivity index (χ1v) is 6.87. The van der Waals surface area contributed by atoms with Gasteiger partial charge in [-0.3, -0.25) is 19.0 Å². The quantitative estimate of drug-likeness (QED) is 0.606. The number of hydrogen-bond acceptors (Lipinski definition) is 5. The van der Waals surface area contributed by atoms with Crippen molar-refractivity contribution in [1.82, 2.24) is 9.78 Å². The number of nitrogens with zero attached hydrogens (tertiary/aromatic N) is 3. The zero-order valence-electron chi connectivity index (χ0n) is 10.0. The van der Waals surface area contributed by atoms with E-state index in [9.17, 15) is 14.3 Å². The maximum absolute atomic E-state index is 10.9. The van der Waals surface area contributed by atoms with E-state index in [0.29, 0.717) is 12.2 Å². The highest BCUT2D eigenvalue weighted by Crippen LogP contribution is 2.22. The molecule has 0 bridgehead atoms. The predicted molar refractivity (Wildman–Crippen MR) is 66.5 cm³/mol. The van der Waals surface area contributed by atoms with Crippen LogP contribution in [0.15, 0.2) is 6.20 Å². The molecule has 7 nitrogen and oxygen atoms in total. The summed E-state index contributed by atoms with van der Waals surface area (Å²) in [5.41, 5.74) is -0.0445. The Hall–Kier alpha value is -1.44. The van der Waals surface area contributed by atoms with E-state index in [-0.39, 0.29) is 17.5 Å². The van der Waals surface area contributed by atoms with Crippen LogP contribution < -0.4 is 5.32 Å². The Morgan fingerprint density at radius 1 is 1.71 bits per heavy atom. The molecule has 0 saturated carbocycles. The standard InChI is InChI=1S/C9H16N4O3S/c1-7(4-5-17(3)16)10-9-8(13(14)15)6-12(2)11-9/h6-7H,4-5H2,1-3H3,(H,10,11). The number of nitro groups is 1. The third-order valence-electron chi connectivity index (χ3n) is 2.23. The predicted octanol–water partition coefficient (Wildman–Crippen LogP) is 0.897. The minimum absolute atomic E-state index is 0.00694. The molecule has 0 aromatic carbocycles. The summed E-state index contributed by atoms with van der Waals surface area (Å²) in [6.45, 7) is 1.88. The smallest absolute Gasteiger partial charge is 0.330 e. The van der Waals surface area contributed by atoms with Gasteiger partial charge in [0, 0.05) is 35.9 Å². The van der Waals surface area contributed by atoms with Crippen LogP contribution in [0.3, 0.4) is 0 Å². The number of rotatable bonds is 6. The average molecular weight is 260 g/mol. The molecule has 0 amide bonds. The Morgan fingerprint density at radius 2 is 2.35 bits per heavy atom. The first-order valence-electron chi connectivity index (χ1n) is 5.14. The van der Waals surface area contributed by atoms with Crippen LogP contribution >= 0.6 is 0 Å². The van der Waals surface area contributed by atoms with Gasteiger partial charge in [0.15, 0.2) is 0 Å². The molecule has 2 atom stereocenters. The Kier molecular flexibility index (Phi) is 4.62. The van der Waals surface area contributed by atoms with Gasteiger partial charge in [0.25, 0.3) is 0 Å². The first-order chi connectivity index (χ1) is 7.90. The van der Waals surface area contributed by atoms with Gasteiger partial charge in [0.1, 0.15) is 6.20 Å². The lowest BCUT2D eigenvalue weighted by molar-refractivity contribution is -0.384. The van der Waals surface area contributed by atoms with Gasteiger partial charge in [0.2, 0.25) is 5.82 Å². The molecule has 1 N–H and O–H groups in total. The minimum Gasteiger partial charge on any atom is -0.360 e. The fourth-order valence-corrected chi connectivity index (χ4v) is 2.05. The first kappa shape index (κ1) is 13.6. The van der Waals surface area contributed by atoms with Gasteiger partial charge in [-0.25, -0.2) is 0 Å². The zero-order chi connectivity index (χ0) is 13.0. The van der Waals surface area contributed by atoms with Crippen molar-refractivity contribution >= 4 is 22.3 Å². The van der Waals surface area contributed by atoms with Gasteiger partial charge in [-0.05, 0) is 13.3 Å². The number of anilines is 1. The molecule has 0 aliphatic heterocycles. The second-order valence-electron chi connectivity index (χ2n) is 3.91. The molecule has 1 heterocycles. The third-order valence-corrected chi connectivity index (χ3v) is 3.04. The second kappa shape index (κ2) is 5.76. The van der Waals surface area contributed by atoms with E-state index >= 15 is 0 Å². The van der Waals surface area contributed by atoms with Crippen LogP contribution in [-0.4, -0.2) is 37.0 Å². The molecule has 96 valence electrons. The number of aryl methyl sites for hydroxylation is 1. The number of aromatic nitrogens is 2. The van der Waals surface area contributed by atoms with Crippen molar-refractivity contribution < 1.29 is 9.13 Å². The largest absolute Gasteiger partial charge is 0.360 e. The number of nitrogens with one attached hydrogen (secondary N) is 1. The minimum atomic E-state index is -0.853. The van der Waals surface area contributed by atoms with Crippen LogP contribution in [0.5, 0.6) is 0 Å². The van der Waals surface area contributed by atoms with Gasteiger partial charge >= 0.3 is 5.69 Å². The lowest BCUT2D eigenvalue weighted by atomic mass is 10.2. The Bertz CT molecular complexity index is 432. The van der Waals surface area contributed by atoms with Crippen molar-refractivity contribution in [1.29, 1.82) is 0 Å². The van der Waals surface area contributed by atoms with Gasteiger partial charge in [0.05, 0.1) is 4.92 Å². The van der Waals surface area contributed by atoms with E-state index < -0.39 is 15.7 Å². The molecular formula is C9H16N4O3S. The molecule has 0 aliphatic rings. The molecule has 1 aromatic rings. The fraction of sp³-hybridized carbons (Fsp3) is 0.667. The molecule has 0 radical (unpaired) electrons. The highest BCUT2D eigenvalue weighted by molar-refractivity contribution is 7.84. The van der Waals surface area contributed by atoms with Crippen LogP contribution in [0.4, 0.5) is 11.5 Å². The van der Waals surface area contributed by atoms with E-state index in [1.165, 1.54) is 10.9 Å². The van der Waals surface area contributed by atoms with Crippen molar-refractivity contribution in [3.63, 3.8) is 0 Å². The summed E-state index contributed by atoms with van der Waals surface area (Å²) in [4.78, 5) is 10.3. The van der Waals surface area contributed by atoms with E-state index in [1.54, 1.807) is 13.3 Å². The summed E-state index contributed by atoms with van der Waals surface area (Å²) in [7, 11) is 0.776. The molecule has 17 heavy (non-hydrogen) atoms. The third kappa shape index (κ3) is 4.14. The lowest BCUT2D eigenvalue weighted by Crippen LogP contribution is -2.18. The van der Waals surface area contributed by atoms with Crippen molar-refractivity contribution in [2.45, 2.75) is 19.4 Å². The molecule has 1 rings (SSSR count). The molecule has 0 saturated heterocycles. The summed E-state index contributed by atoms with van der Waals surface area (Å²) in [6, 6.07) is -0.00694. The van der Waals surface area contributed by atoms with Crippen molar-refractivity contribution in [2.24, 2.45) is 7.05 Å². The summed E-state index contributed by atoms with van der Waals surface area (Å²) < 4.78 is 12.3. The lowest BCUT2D eigenvalue weighted by Gasteiger charge is -2.11. The van der Waals surface area contributed by atoms with Crippen LogP contribution in [0.2, 0.25) is 0 Å². The molecular weight excluding hydrogens is 244 g/mol. The molecule has 1 aromatic heterocycles. The Labute approximate surface area is 102 Å². The topological polar surface area (TPSA) is 90.1 Å². The molecule has 0 spiro atoms. The maximum atomic E-state index is 10.9. The van der Waals surface area contributed by atoms with Gasteiger partial charge in [-0.15, -0.1) is 5.10 Å². The van der Waals surface area contributed by atoms with Crippen molar-refractivity contribution in [3.8, 4) is 0 Å². The monoisotopic (exact) mass is 260 g/mol. The van der Waals surface area contributed by atoms with Crippen LogP contribution in [0.1, 0.15) is 13.3 Å². The second-order valence-corrected chi connectivity index (χ2v) is 5.46. The summed E-state index contributed by atoms with van der Waals surface area (Å²) in [6.07, 6.45) is 3.67. The SMILES string of the molecule is CC(CCS(C)=O)Nc1nn(C)cc1[N+](=O)[O-]. The van der Waals surface area contributed by atoms with Crippen LogP contribution in [0.25, 0.3) is 0 Å². The van der Waals surface area contributed by atoms with E-state index in [4.69, 9.17) is 0 Å². The zero-order valence-corrected chi connectivity index (χ0v) is 10.9. The number of hydrogen-bond donors (Lipinski definition) is 1. The summed E-state index contributed by atoms with van der Waals surface area (Å²) in [5, 5.41) is 17.7. The van der Waals surface area contributed by atoms with Gasteiger partial charge in [-0.2, -0.15) is 0 Å². The van der Waals surface area contributed by atoms with Gasteiger partial charge < -0.3 is 5.32 Å². The molecule has 0 fully saturated rings. The Balaban J connectivity index is 2.67. The Morgan fingerprint density at radius 3 is 2.88 bits per heavy atom. The average Bonchev–Trinajstić information content (AvgIpc) is 2.56.